The van der Waals surface area contributed by atoms with Gasteiger partial charge in [0.1, 0.15) is 11.6 Å². The molecular formula is C30H38FN7O4. The molecule has 1 aliphatic rings. The molecule has 0 fully saturated rings. The summed E-state index contributed by atoms with van der Waals surface area (Å²) in [6, 6.07) is 3.42. The Morgan fingerprint density at radius 1 is 1.12 bits per heavy atom. The van der Waals surface area contributed by atoms with E-state index in [-0.39, 0.29) is 28.4 Å². The first-order chi connectivity index (χ1) is 19.8. The highest BCUT2D eigenvalue weighted by molar-refractivity contribution is 6.35. The number of halogens is 1. The number of benzene rings is 1. The number of amides is 4. The van der Waals surface area contributed by atoms with Crippen LogP contribution in [0.4, 0.5) is 26.4 Å². The highest BCUT2D eigenvalue weighted by Gasteiger charge is 2.28. The van der Waals surface area contributed by atoms with Crippen molar-refractivity contribution in [2.24, 2.45) is 0 Å². The molecule has 1 aliphatic heterocycles. The van der Waals surface area contributed by atoms with Gasteiger partial charge >= 0.3 is 6.03 Å². The van der Waals surface area contributed by atoms with Gasteiger partial charge in [-0.05, 0) is 50.7 Å². The summed E-state index contributed by atoms with van der Waals surface area (Å²) in [7, 11) is 0. The Labute approximate surface area is 244 Å². The minimum Gasteiger partial charge on any atom is -0.359 e. The van der Waals surface area contributed by atoms with E-state index in [1.54, 1.807) is 26.0 Å². The van der Waals surface area contributed by atoms with Gasteiger partial charge in [-0.1, -0.05) is 39.8 Å². The van der Waals surface area contributed by atoms with Crippen LogP contribution in [0.1, 0.15) is 73.3 Å². The number of carbonyl (C=O) groups is 3. The lowest BCUT2D eigenvalue weighted by atomic mass is 9.93. The van der Waals surface area contributed by atoms with Crippen molar-refractivity contribution in [2.75, 3.05) is 42.1 Å². The lowest BCUT2D eigenvalue weighted by Gasteiger charge is -2.18. The molecule has 0 aliphatic carbocycles. The quantitative estimate of drug-likeness (QED) is 0.219. The predicted molar refractivity (Wildman–Crippen MR) is 161 cm³/mol. The SMILES string of the molecule is CCN(CC)CCNC(=O)c1c(C)[nH]c(C=C2C(=O)Nc3cc(NC(=O)Nc4cc(C(C)(C)C)on4)c(F)cc32)c1C. The highest BCUT2D eigenvalue weighted by atomic mass is 19.1. The van der Waals surface area contributed by atoms with Gasteiger partial charge in [0.15, 0.2) is 5.82 Å². The van der Waals surface area contributed by atoms with Crippen molar-refractivity contribution in [3.05, 3.63) is 57.9 Å². The van der Waals surface area contributed by atoms with Gasteiger partial charge in [-0.2, -0.15) is 0 Å². The molecule has 224 valence electrons. The Morgan fingerprint density at radius 3 is 2.48 bits per heavy atom. The summed E-state index contributed by atoms with van der Waals surface area (Å²) in [5, 5.41) is 14.5. The maximum atomic E-state index is 15.1. The van der Waals surface area contributed by atoms with E-state index >= 15 is 4.39 Å². The fourth-order valence-corrected chi connectivity index (χ4v) is 4.77. The van der Waals surface area contributed by atoms with Gasteiger partial charge in [0, 0.05) is 41.5 Å². The zero-order chi connectivity index (χ0) is 30.8. The molecule has 4 rings (SSSR count). The third kappa shape index (κ3) is 6.54. The molecule has 0 saturated heterocycles. The van der Waals surface area contributed by atoms with Crippen LogP contribution in [0.2, 0.25) is 0 Å². The second-order valence-electron chi connectivity index (χ2n) is 11.2. The molecule has 1 aromatic carbocycles. The molecular weight excluding hydrogens is 541 g/mol. The lowest BCUT2D eigenvalue weighted by molar-refractivity contribution is -0.110. The molecule has 0 radical (unpaired) electrons. The van der Waals surface area contributed by atoms with Crippen LogP contribution >= 0.6 is 0 Å². The fraction of sp³-hybridized carbons (Fsp3) is 0.400. The number of nitrogens with zero attached hydrogens (tertiary/aromatic N) is 2. The molecule has 3 aromatic rings. The number of aromatic nitrogens is 2. The molecule has 5 N–H and O–H groups in total. The van der Waals surface area contributed by atoms with E-state index < -0.39 is 17.8 Å². The minimum atomic E-state index is -0.727. The molecule has 0 spiro atoms. The number of likely N-dealkylation sites (N-methyl/N-ethyl adjacent to an activating group) is 1. The number of carbonyl (C=O) groups excluding carboxylic acids is 3. The van der Waals surface area contributed by atoms with E-state index in [1.807, 2.05) is 20.8 Å². The van der Waals surface area contributed by atoms with E-state index in [2.05, 4.69) is 50.2 Å². The average molecular weight is 580 g/mol. The van der Waals surface area contributed by atoms with Crippen molar-refractivity contribution in [3.63, 3.8) is 0 Å². The maximum Gasteiger partial charge on any atom is 0.325 e. The van der Waals surface area contributed by atoms with Crippen LogP contribution in [0.25, 0.3) is 11.6 Å². The molecule has 4 amide bonds. The van der Waals surface area contributed by atoms with Crippen molar-refractivity contribution < 1.29 is 23.3 Å². The van der Waals surface area contributed by atoms with Gasteiger partial charge in [-0.15, -0.1) is 0 Å². The number of H-pyrrole nitrogens is 1. The largest absolute Gasteiger partial charge is 0.359 e. The zero-order valence-corrected chi connectivity index (χ0v) is 25.0. The predicted octanol–water partition coefficient (Wildman–Crippen LogP) is 5.26. The maximum absolute atomic E-state index is 15.1. The van der Waals surface area contributed by atoms with E-state index in [9.17, 15) is 14.4 Å². The second-order valence-corrected chi connectivity index (χ2v) is 11.2. The van der Waals surface area contributed by atoms with Crippen LogP contribution in [0.5, 0.6) is 0 Å². The minimum absolute atomic E-state index is 0.122. The van der Waals surface area contributed by atoms with Crippen LogP contribution < -0.4 is 21.3 Å². The molecule has 0 atom stereocenters. The van der Waals surface area contributed by atoms with Crippen molar-refractivity contribution >= 4 is 46.7 Å². The summed E-state index contributed by atoms with van der Waals surface area (Å²) in [6.07, 6.45) is 1.60. The number of nitrogens with one attached hydrogen (secondary N) is 5. The van der Waals surface area contributed by atoms with Crippen molar-refractivity contribution in [1.29, 1.82) is 0 Å². The number of hydrogen-bond donors (Lipinski definition) is 5. The summed E-state index contributed by atoms with van der Waals surface area (Å²) in [6.45, 7) is 16.6. The summed E-state index contributed by atoms with van der Waals surface area (Å²) in [5.74, 6) is -0.588. The molecule has 0 saturated carbocycles. The Bertz CT molecular complexity index is 1540. The Balaban J connectivity index is 1.50. The van der Waals surface area contributed by atoms with Gasteiger partial charge in [0.2, 0.25) is 0 Å². The standard InChI is InChI=1S/C30H38FN7O4/c1-8-38(9-2)11-10-32-28(40)26-16(3)21(33-17(26)4)13-19-18-12-20(31)23(14-22(18)34-27(19)39)35-29(41)36-25-15-24(42-37-25)30(5,6)7/h12-15,33H,8-11H2,1-7H3,(H,32,40)(H,34,39)(H2,35,36,37,41). The van der Waals surface area contributed by atoms with Gasteiger partial charge in [-0.25, -0.2) is 9.18 Å². The molecule has 0 bridgehead atoms. The first kappa shape index (κ1) is 30.5. The third-order valence-electron chi connectivity index (χ3n) is 7.23. The number of anilines is 3. The van der Waals surface area contributed by atoms with Gasteiger partial charge < -0.3 is 30.4 Å². The van der Waals surface area contributed by atoms with Crippen LogP contribution in [-0.2, 0) is 10.2 Å². The Morgan fingerprint density at radius 2 is 1.83 bits per heavy atom. The van der Waals surface area contributed by atoms with E-state index in [0.29, 0.717) is 46.1 Å². The van der Waals surface area contributed by atoms with Crippen molar-refractivity contribution in [3.8, 4) is 0 Å². The topological polar surface area (TPSA) is 144 Å². The smallest absolute Gasteiger partial charge is 0.325 e. The molecule has 11 nitrogen and oxygen atoms in total. The average Bonchev–Trinajstić information content (AvgIpc) is 3.58. The van der Waals surface area contributed by atoms with Crippen LogP contribution in [0.3, 0.4) is 0 Å². The van der Waals surface area contributed by atoms with Gasteiger partial charge in [0.05, 0.1) is 22.5 Å². The van der Waals surface area contributed by atoms with E-state index in [1.165, 1.54) is 12.1 Å². The van der Waals surface area contributed by atoms with Crippen molar-refractivity contribution in [1.82, 2.24) is 20.4 Å². The molecule has 12 heteroatoms. The van der Waals surface area contributed by atoms with Crippen LogP contribution in [-0.4, -0.2) is 59.1 Å². The normalized spacial score (nSPS) is 13.8. The van der Waals surface area contributed by atoms with Crippen LogP contribution in [0.15, 0.2) is 22.7 Å². The number of hydrogen-bond acceptors (Lipinski definition) is 6. The summed E-state index contributed by atoms with van der Waals surface area (Å²) < 4.78 is 20.4. The first-order valence-electron chi connectivity index (χ1n) is 13.9. The lowest BCUT2D eigenvalue weighted by Crippen LogP contribution is -2.35. The number of aryl methyl sites for hydroxylation is 1. The molecule has 3 heterocycles. The Kier molecular flexibility index (Phi) is 8.86. The summed E-state index contributed by atoms with van der Waals surface area (Å²) >= 11 is 0. The molecule has 42 heavy (non-hydrogen) atoms. The Hall–Kier alpha value is -4.45. The number of rotatable bonds is 9. The molecule has 2 aromatic heterocycles. The van der Waals surface area contributed by atoms with E-state index in [0.717, 1.165) is 19.6 Å². The number of aromatic amines is 1. The van der Waals surface area contributed by atoms with Gasteiger partial charge in [0.25, 0.3) is 11.8 Å². The van der Waals surface area contributed by atoms with Crippen LogP contribution in [0, 0.1) is 19.7 Å². The first-order valence-corrected chi connectivity index (χ1v) is 13.9. The number of urea groups is 1. The van der Waals surface area contributed by atoms with E-state index in [4.69, 9.17) is 4.52 Å². The monoisotopic (exact) mass is 579 g/mol. The zero-order valence-electron chi connectivity index (χ0n) is 25.0. The van der Waals surface area contributed by atoms with Gasteiger partial charge in [-0.3, -0.25) is 14.9 Å². The van der Waals surface area contributed by atoms with Crippen molar-refractivity contribution in [2.45, 2.75) is 53.9 Å². The third-order valence-corrected chi connectivity index (χ3v) is 7.23. The highest BCUT2D eigenvalue weighted by Crippen LogP contribution is 2.37. The molecule has 0 unspecified atom stereocenters. The fourth-order valence-electron chi connectivity index (χ4n) is 4.77. The summed E-state index contributed by atoms with van der Waals surface area (Å²) in [4.78, 5) is 43.7. The number of fused-ring (bicyclic) bond motifs is 1. The summed E-state index contributed by atoms with van der Waals surface area (Å²) in [5.41, 5.74) is 2.92. The second kappa shape index (κ2) is 12.2.